The second kappa shape index (κ2) is 5.77. The molecule has 1 aromatic carbocycles. The highest BCUT2D eigenvalue weighted by Crippen LogP contribution is 2.33. The van der Waals surface area contributed by atoms with E-state index in [2.05, 4.69) is 10.3 Å². The van der Waals surface area contributed by atoms with Gasteiger partial charge in [-0.3, -0.25) is 14.5 Å². The van der Waals surface area contributed by atoms with Crippen molar-refractivity contribution in [3.05, 3.63) is 53.3 Å². The lowest BCUT2D eigenvalue weighted by Crippen LogP contribution is -2.50. The quantitative estimate of drug-likeness (QED) is 0.866. The van der Waals surface area contributed by atoms with Crippen LogP contribution in [0.1, 0.15) is 23.7 Å². The minimum Gasteiger partial charge on any atom is -0.322 e. The van der Waals surface area contributed by atoms with Crippen molar-refractivity contribution in [2.75, 3.05) is 10.2 Å². The number of hydrogen-bond donors (Lipinski definition) is 1. The molecule has 0 saturated heterocycles. The molecule has 6 heteroatoms. The third-order valence-corrected chi connectivity index (χ3v) is 3.84. The van der Waals surface area contributed by atoms with Crippen LogP contribution in [-0.2, 0) is 4.79 Å². The number of carbonyl (C=O) groups excluding carboxylic acids is 2. The molecule has 1 aliphatic heterocycles. The van der Waals surface area contributed by atoms with Crippen molar-refractivity contribution in [2.24, 2.45) is 0 Å². The molecule has 2 amide bonds. The smallest absolute Gasteiger partial charge is 0.260 e. The van der Waals surface area contributed by atoms with Crippen molar-refractivity contribution >= 4 is 34.8 Å². The van der Waals surface area contributed by atoms with E-state index in [1.54, 1.807) is 18.2 Å². The number of hydrogen-bond acceptors (Lipinski definition) is 3. The number of nitrogens with zero attached hydrogens (tertiary/aromatic N) is 2. The molecule has 112 valence electrons. The van der Waals surface area contributed by atoms with E-state index < -0.39 is 6.04 Å². The number of amides is 2. The van der Waals surface area contributed by atoms with Crippen LogP contribution in [0.5, 0.6) is 0 Å². The van der Waals surface area contributed by atoms with Crippen LogP contribution in [0.3, 0.4) is 0 Å². The summed E-state index contributed by atoms with van der Waals surface area (Å²) in [5, 5.41) is 3.16. The Balaban J connectivity index is 2.07. The summed E-state index contributed by atoms with van der Waals surface area (Å²) in [6.07, 6.45) is 1.94. The van der Waals surface area contributed by atoms with Crippen molar-refractivity contribution in [3.63, 3.8) is 0 Å². The van der Waals surface area contributed by atoms with Crippen LogP contribution in [0, 0.1) is 0 Å². The van der Waals surface area contributed by atoms with Crippen molar-refractivity contribution < 1.29 is 9.59 Å². The van der Waals surface area contributed by atoms with Gasteiger partial charge in [-0.2, -0.15) is 0 Å². The topological polar surface area (TPSA) is 62.3 Å². The Morgan fingerprint density at radius 1 is 1.32 bits per heavy atom. The fourth-order valence-corrected chi connectivity index (χ4v) is 2.66. The molecule has 0 aliphatic carbocycles. The number of para-hydroxylation sites is 2. The van der Waals surface area contributed by atoms with E-state index in [1.165, 1.54) is 11.1 Å². The summed E-state index contributed by atoms with van der Waals surface area (Å²) in [5.41, 5.74) is 1.72. The molecule has 1 N–H and O–H groups in total. The SMILES string of the molecule is CC[C@@H]1C(=O)Nc2ccccc2N1C(=O)c1ccc(Cl)nc1. The van der Waals surface area contributed by atoms with Gasteiger partial charge in [0.15, 0.2) is 0 Å². The van der Waals surface area contributed by atoms with Gasteiger partial charge in [-0.1, -0.05) is 30.7 Å². The zero-order valence-electron chi connectivity index (χ0n) is 11.9. The first-order valence-corrected chi connectivity index (χ1v) is 7.34. The number of nitrogens with one attached hydrogen (secondary N) is 1. The first-order chi connectivity index (χ1) is 10.6. The van der Waals surface area contributed by atoms with E-state index in [1.807, 2.05) is 25.1 Å². The fraction of sp³-hybridized carbons (Fsp3) is 0.188. The van der Waals surface area contributed by atoms with Gasteiger partial charge in [-0.25, -0.2) is 4.98 Å². The number of pyridine rings is 1. The summed E-state index contributed by atoms with van der Waals surface area (Å²) >= 11 is 5.76. The molecule has 0 spiro atoms. The number of halogens is 1. The van der Waals surface area contributed by atoms with Gasteiger partial charge in [0.05, 0.1) is 16.9 Å². The summed E-state index contributed by atoms with van der Waals surface area (Å²) < 4.78 is 0. The van der Waals surface area contributed by atoms with Gasteiger partial charge in [-0.05, 0) is 30.7 Å². The molecule has 0 radical (unpaired) electrons. The Kier molecular flexibility index (Phi) is 3.81. The highest BCUT2D eigenvalue weighted by Gasteiger charge is 2.36. The Morgan fingerprint density at radius 2 is 2.09 bits per heavy atom. The van der Waals surface area contributed by atoms with Crippen molar-refractivity contribution in [3.8, 4) is 0 Å². The lowest BCUT2D eigenvalue weighted by Gasteiger charge is -2.36. The zero-order valence-corrected chi connectivity index (χ0v) is 12.7. The second-order valence-corrected chi connectivity index (χ2v) is 5.36. The summed E-state index contributed by atoms with van der Waals surface area (Å²) in [6, 6.07) is 9.88. The van der Waals surface area contributed by atoms with Gasteiger partial charge >= 0.3 is 0 Å². The second-order valence-electron chi connectivity index (χ2n) is 4.98. The molecule has 3 rings (SSSR count). The van der Waals surface area contributed by atoms with Gasteiger partial charge in [0.1, 0.15) is 11.2 Å². The minimum absolute atomic E-state index is 0.184. The van der Waals surface area contributed by atoms with E-state index in [-0.39, 0.29) is 11.8 Å². The molecule has 2 heterocycles. The molecule has 0 fully saturated rings. The van der Waals surface area contributed by atoms with Crippen LogP contribution in [0.4, 0.5) is 11.4 Å². The monoisotopic (exact) mass is 315 g/mol. The molecule has 2 aromatic rings. The van der Waals surface area contributed by atoms with Gasteiger partial charge < -0.3 is 5.32 Å². The average Bonchev–Trinajstić information content (AvgIpc) is 2.53. The van der Waals surface area contributed by atoms with Crippen LogP contribution in [0.2, 0.25) is 5.15 Å². The number of carbonyl (C=O) groups is 2. The number of rotatable bonds is 2. The van der Waals surface area contributed by atoms with Crippen molar-refractivity contribution in [1.82, 2.24) is 4.98 Å². The predicted molar refractivity (Wildman–Crippen MR) is 85.2 cm³/mol. The molecule has 22 heavy (non-hydrogen) atoms. The van der Waals surface area contributed by atoms with Crippen LogP contribution >= 0.6 is 11.6 Å². The molecule has 1 aromatic heterocycles. The van der Waals surface area contributed by atoms with Crippen LogP contribution < -0.4 is 10.2 Å². The molecule has 0 unspecified atom stereocenters. The fourth-order valence-electron chi connectivity index (χ4n) is 2.55. The Hall–Kier alpha value is -2.40. The van der Waals surface area contributed by atoms with Gasteiger partial charge in [0, 0.05) is 6.20 Å². The highest BCUT2D eigenvalue weighted by atomic mass is 35.5. The first-order valence-electron chi connectivity index (χ1n) is 6.97. The van der Waals surface area contributed by atoms with Gasteiger partial charge in [0.25, 0.3) is 5.91 Å². The number of anilines is 2. The van der Waals surface area contributed by atoms with Gasteiger partial charge in [0.2, 0.25) is 5.91 Å². The lowest BCUT2D eigenvalue weighted by atomic mass is 10.0. The van der Waals surface area contributed by atoms with E-state index >= 15 is 0 Å². The first kappa shape index (κ1) is 14.5. The van der Waals surface area contributed by atoms with E-state index in [0.717, 1.165) is 0 Å². The lowest BCUT2D eigenvalue weighted by molar-refractivity contribution is -0.117. The largest absolute Gasteiger partial charge is 0.322 e. The molecule has 0 saturated carbocycles. The highest BCUT2D eigenvalue weighted by molar-refractivity contribution is 6.29. The molecule has 5 nitrogen and oxygen atoms in total. The molecule has 1 aliphatic rings. The molecular formula is C16H14ClN3O2. The molecular weight excluding hydrogens is 302 g/mol. The normalized spacial score (nSPS) is 16.9. The van der Waals surface area contributed by atoms with E-state index in [4.69, 9.17) is 11.6 Å². The molecule has 0 bridgehead atoms. The summed E-state index contributed by atoms with van der Waals surface area (Å²) in [4.78, 5) is 30.6. The van der Waals surface area contributed by atoms with E-state index in [0.29, 0.717) is 28.5 Å². The standard InChI is InChI=1S/C16H14ClN3O2/c1-2-12-15(21)19-11-5-3-4-6-13(11)20(12)16(22)10-7-8-14(17)18-9-10/h3-9,12H,2H2,1H3,(H,19,21)/t12-/m1/s1. The number of fused-ring (bicyclic) bond motifs is 1. The summed E-state index contributed by atoms with van der Waals surface area (Å²) in [7, 11) is 0. The minimum atomic E-state index is -0.543. The maximum Gasteiger partial charge on any atom is 0.260 e. The third kappa shape index (κ3) is 2.44. The van der Waals surface area contributed by atoms with E-state index in [9.17, 15) is 9.59 Å². The predicted octanol–water partition coefficient (Wildman–Crippen LogP) is 3.11. The van der Waals surface area contributed by atoms with Gasteiger partial charge in [-0.15, -0.1) is 0 Å². The Morgan fingerprint density at radius 3 is 2.77 bits per heavy atom. The summed E-state index contributed by atoms with van der Waals surface area (Å²) in [6.45, 7) is 1.87. The maximum absolute atomic E-state index is 12.9. The summed E-state index contributed by atoms with van der Waals surface area (Å²) in [5.74, 6) is -0.449. The Bertz CT molecular complexity index is 730. The average molecular weight is 316 g/mol. The number of benzene rings is 1. The third-order valence-electron chi connectivity index (χ3n) is 3.62. The maximum atomic E-state index is 12.9. The van der Waals surface area contributed by atoms with Crippen LogP contribution in [0.15, 0.2) is 42.6 Å². The number of aromatic nitrogens is 1. The Labute approximate surface area is 132 Å². The van der Waals surface area contributed by atoms with Crippen LogP contribution in [-0.4, -0.2) is 22.8 Å². The van der Waals surface area contributed by atoms with Crippen LogP contribution in [0.25, 0.3) is 0 Å². The molecule has 1 atom stereocenters. The zero-order chi connectivity index (χ0) is 15.7. The van der Waals surface area contributed by atoms with Crippen molar-refractivity contribution in [1.29, 1.82) is 0 Å². The van der Waals surface area contributed by atoms with Crippen molar-refractivity contribution in [2.45, 2.75) is 19.4 Å².